The first-order chi connectivity index (χ1) is 11.1. The Hall–Kier alpha value is -2.34. The number of carbonyl (C=O) groups excluding carboxylic acids is 1. The average Bonchev–Trinajstić information content (AvgIpc) is 3.16. The minimum absolute atomic E-state index is 0.0299. The lowest BCUT2D eigenvalue weighted by Crippen LogP contribution is -2.50. The summed E-state index contributed by atoms with van der Waals surface area (Å²) < 4.78 is 1.74. The van der Waals surface area contributed by atoms with Gasteiger partial charge in [-0.3, -0.25) is 5.32 Å². The van der Waals surface area contributed by atoms with Crippen molar-refractivity contribution < 1.29 is 9.90 Å². The summed E-state index contributed by atoms with van der Waals surface area (Å²) in [6.07, 6.45) is 5.57. The number of aliphatic hydroxyl groups excluding tert-OH is 1. The lowest BCUT2D eigenvalue weighted by Gasteiger charge is -2.27. The van der Waals surface area contributed by atoms with Gasteiger partial charge in [-0.2, -0.15) is 0 Å². The molecule has 0 radical (unpaired) electrons. The number of anilines is 1. The van der Waals surface area contributed by atoms with Crippen molar-refractivity contribution >= 4 is 11.8 Å². The van der Waals surface area contributed by atoms with Gasteiger partial charge in [-0.1, -0.05) is 31.0 Å². The maximum atomic E-state index is 12.2. The molecule has 0 spiro atoms. The number of amides is 2. The molecule has 1 heterocycles. The Balaban J connectivity index is 1.70. The molecule has 1 fully saturated rings. The number of nitrogens with one attached hydrogen (secondary N) is 2. The molecule has 2 amide bonds. The fourth-order valence-corrected chi connectivity index (χ4v) is 3.05. The molecule has 0 saturated heterocycles. The number of carbonyl (C=O) groups is 1. The molecular formula is C17H22N4O2. The molecule has 0 bridgehead atoms. The first-order valence-electron chi connectivity index (χ1n) is 7.94. The number of aliphatic hydroxyl groups is 1. The standard InChI is InChI=1S/C17H22N4O2/c1-13-11-21(14-7-3-2-4-8-14)20-15(13)18-16(23)19-17(12-22)9-5-6-10-17/h2-4,7-8,11,22H,5-6,9-10,12H2,1H3,(H2,18,19,20,23). The third kappa shape index (κ3) is 3.37. The quantitative estimate of drug-likeness (QED) is 0.811. The smallest absolute Gasteiger partial charge is 0.320 e. The molecule has 3 rings (SSSR count). The van der Waals surface area contributed by atoms with Crippen molar-refractivity contribution in [3.05, 3.63) is 42.1 Å². The van der Waals surface area contributed by atoms with Crippen LogP contribution in [0, 0.1) is 6.92 Å². The van der Waals surface area contributed by atoms with Gasteiger partial charge in [-0.05, 0) is 31.9 Å². The van der Waals surface area contributed by atoms with Gasteiger partial charge in [0.1, 0.15) is 0 Å². The molecule has 3 N–H and O–H groups in total. The van der Waals surface area contributed by atoms with E-state index in [1.54, 1.807) is 4.68 Å². The monoisotopic (exact) mass is 314 g/mol. The number of nitrogens with zero attached hydrogens (tertiary/aromatic N) is 2. The van der Waals surface area contributed by atoms with E-state index < -0.39 is 5.54 Å². The van der Waals surface area contributed by atoms with Crippen LogP contribution < -0.4 is 10.6 Å². The fourth-order valence-electron chi connectivity index (χ4n) is 3.05. The molecule has 1 aliphatic rings. The van der Waals surface area contributed by atoms with E-state index in [0.717, 1.165) is 36.9 Å². The summed E-state index contributed by atoms with van der Waals surface area (Å²) in [5.74, 6) is 0.525. The predicted molar refractivity (Wildman–Crippen MR) is 88.7 cm³/mol. The highest BCUT2D eigenvalue weighted by Gasteiger charge is 2.34. The van der Waals surface area contributed by atoms with Crippen LogP contribution in [-0.2, 0) is 0 Å². The zero-order chi connectivity index (χ0) is 16.3. The summed E-state index contributed by atoms with van der Waals surface area (Å²) in [6.45, 7) is 1.87. The molecule has 0 atom stereocenters. The second-order valence-corrected chi connectivity index (χ2v) is 6.17. The Kier molecular flexibility index (Phi) is 4.34. The second kappa shape index (κ2) is 6.42. The molecule has 1 aliphatic carbocycles. The highest BCUT2D eigenvalue weighted by molar-refractivity contribution is 5.89. The summed E-state index contributed by atoms with van der Waals surface area (Å²) >= 11 is 0. The topological polar surface area (TPSA) is 79.2 Å². The van der Waals surface area contributed by atoms with Crippen LogP contribution in [0.3, 0.4) is 0 Å². The van der Waals surface area contributed by atoms with Crippen LogP contribution in [0.2, 0.25) is 0 Å². The SMILES string of the molecule is Cc1cn(-c2ccccc2)nc1NC(=O)NC1(CO)CCCC1. The number of hydrogen-bond acceptors (Lipinski definition) is 3. The Labute approximate surface area is 135 Å². The average molecular weight is 314 g/mol. The Morgan fingerprint density at radius 1 is 1.30 bits per heavy atom. The van der Waals surface area contributed by atoms with E-state index in [0.29, 0.717) is 5.82 Å². The van der Waals surface area contributed by atoms with Gasteiger partial charge in [0.15, 0.2) is 5.82 Å². The molecule has 0 unspecified atom stereocenters. The predicted octanol–water partition coefficient (Wildman–Crippen LogP) is 2.61. The molecule has 1 aromatic carbocycles. The van der Waals surface area contributed by atoms with E-state index in [-0.39, 0.29) is 12.6 Å². The second-order valence-electron chi connectivity index (χ2n) is 6.17. The molecule has 2 aromatic rings. The third-order valence-electron chi connectivity index (χ3n) is 4.39. The van der Waals surface area contributed by atoms with Gasteiger partial charge in [-0.15, -0.1) is 5.10 Å². The van der Waals surface area contributed by atoms with Gasteiger partial charge in [0.2, 0.25) is 0 Å². The fraction of sp³-hybridized carbons (Fsp3) is 0.412. The van der Waals surface area contributed by atoms with E-state index in [2.05, 4.69) is 15.7 Å². The zero-order valence-electron chi connectivity index (χ0n) is 13.2. The highest BCUT2D eigenvalue weighted by Crippen LogP contribution is 2.29. The molecule has 0 aliphatic heterocycles. The third-order valence-corrected chi connectivity index (χ3v) is 4.39. The van der Waals surface area contributed by atoms with Crippen molar-refractivity contribution in [2.75, 3.05) is 11.9 Å². The van der Waals surface area contributed by atoms with Crippen LogP contribution >= 0.6 is 0 Å². The number of aryl methyl sites for hydroxylation is 1. The van der Waals surface area contributed by atoms with Crippen molar-refractivity contribution in [2.24, 2.45) is 0 Å². The number of urea groups is 1. The molecule has 6 nitrogen and oxygen atoms in total. The van der Waals surface area contributed by atoms with Crippen molar-refractivity contribution in [3.8, 4) is 5.69 Å². The van der Waals surface area contributed by atoms with Crippen molar-refractivity contribution in [1.82, 2.24) is 15.1 Å². The van der Waals surface area contributed by atoms with E-state index in [1.807, 2.05) is 43.5 Å². The molecule has 23 heavy (non-hydrogen) atoms. The first-order valence-corrected chi connectivity index (χ1v) is 7.94. The van der Waals surface area contributed by atoms with E-state index >= 15 is 0 Å². The van der Waals surface area contributed by atoms with E-state index in [9.17, 15) is 9.90 Å². The molecule has 122 valence electrons. The van der Waals surface area contributed by atoms with Crippen LogP contribution in [0.25, 0.3) is 5.69 Å². The van der Waals surface area contributed by atoms with Crippen LogP contribution in [0.5, 0.6) is 0 Å². The normalized spacial score (nSPS) is 16.3. The first kappa shape index (κ1) is 15.6. The van der Waals surface area contributed by atoms with Crippen molar-refractivity contribution in [2.45, 2.75) is 38.1 Å². The maximum absolute atomic E-state index is 12.2. The number of benzene rings is 1. The van der Waals surface area contributed by atoms with E-state index in [1.165, 1.54) is 0 Å². The van der Waals surface area contributed by atoms with Gasteiger partial charge in [0.25, 0.3) is 0 Å². The van der Waals surface area contributed by atoms with Gasteiger partial charge in [0.05, 0.1) is 17.8 Å². The molecule has 1 saturated carbocycles. The van der Waals surface area contributed by atoms with Crippen molar-refractivity contribution in [1.29, 1.82) is 0 Å². The van der Waals surface area contributed by atoms with Gasteiger partial charge >= 0.3 is 6.03 Å². The van der Waals surface area contributed by atoms with Crippen LogP contribution in [0.4, 0.5) is 10.6 Å². The highest BCUT2D eigenvalue weighted by atomic mass is 16.3. The summed E-state index contributed by atoms with van der Waals surface area (Å²) in [5.41, 5.74) is 1.33. The number of para-hydroxylation sites is 1. The van der Waals surface area contributed by atoms with Gasteiger partial charge in [-0.25, -0.2) is 9.48 Å². The van der Waals surface area contributed by atoms with E-state index in [4.69, 9.17) is 0 Å². The maximum Gasteiger partial charge on any atom is 0.320 e. The summed E-state index contributed by atoms with van der Waals surface area (Å²) in [5, 5.41) is 19.7. The largest absolute Gasteiger partial charge is 0.394 e. The summed E-state index contributed by atoms with van der Waals surface area (Å²) in [4.78, 5) is 12.2. The zero-order valence-corrected chi connectivity index (χ0v) is 13.2. The van der Waals surface area contributed by atoms with Crippen molar-refractivity contribution in [3.63, 3.8) is 0 Å². The van der Waals surface area contributed by atoms with Crippen LogP contribution in [0.15, 0.2) is 36.5 Å². The number of hydrogen-bond donors (Lipinski definition) is 3. The number of rotatable bonds is 4. The minimum Gasteiger partial charge on any atom is -0.394 e. The Morgan fingerprint density at radius 2 is 2.00 bits per heavy atom. The number of aromatic nitrogens is 2. The molecule has 6 heteroatoms. The van der Waals surface area contributed by atoms with Gasteiger partial charge in [0, 0.05) is 11.8 Å². The Bertz CT molecular complexity index is 675. The van der Waals surface area contributed by atoms with Crippen LogP contribution in [0.1, 0.15) is 31.2 Å². The van der Waals surface area contributed by atoms with Gasteiger partial charge < -0.3 is 10.4 Å². The molecular weight excluding hydrogens is 292 g/mol. The summed E-state index contributed by atoms with van der Waals surface area (Å²) in [6, 6.07) is 9.42. The lowest BCUT2D eigenvalue weighted by molar-refractivity contribution is 0.167. The Morgan fingerprint density at radius 3 is 2.65 bits per heavy atom. The summed E-state index contributed by atoms with van der Waals surface area (Å²) in [7, 11) is 0. The molecule has 1 aromatic heterocycles. The minimum atomic E-state index is -0.486. The van der Waals surface area contributed by atoms with Crippen LogP contribution in [-0.4, -0.2) is 33.1 Å². The lowest BCUT2D eigenvalue weighted by atomic mass is 9.99.